The maximum absolute atomic E-state index is 12.2. The lowest BCUT2D eigenvalue weighted by molar-refractivity contribution is -0.115. The average Bonchev–Trinajstić information content (AvgIpc) is 2.81. The highest BCUT2D eigenvalue weighted by atomic mass is 32.2. The summed E-state index contributed by atoms with van der Waals surface area (Å²) >= 11 is 1.28. The normalized spacial score (nSPS) is 16.8. The molecule has 0 radical (unpaired) electrons. The lowest BCUT2D eigenvalue weighted by Gasteiger charge is -2.20. The number of aryl methyl sites for hydroxylation is 1. The van der Waals surface area contributed by atoms with Crippen LogP contribution >= 0.6 is 11.8 Å². The van der Waals surface area contributed by atoms with Crippen molar-refractivity contribution < 1.29 is 14.3 Å². The number of amides is 2. The Labute approximate surface area is 134 Å². The molecular formula is C16H20N2O3S. The largest absolute Gasteiger partial charge is 0.376 e. The van der Waals surface area contributed by atoms with Crippen LogP contribution in [0.2, 0.25) is 0 Å². The lowest BCUT2D eigenvalue weighted by Crippen LogP contribution is -2.30. The van der Waals surface area contributed by atoms with Gasteiger partial charge in [-0.05, 0) is 24.5 Å². The van der Waals surface area contributed by atoms with E-state index in [1.807, 2.05) is 25.1 Å². The van der Waals surface area contributed by atoms with Crippen LogP contribution < -0.4 is 4.90 Å². The monoisotopic (exact) mass is 320 g/mol. The molecule has 1 aromatic rings. The molecule has 0 bridgehead atoms. The first-order valence-corrected chi connectivity index (χ1v) is 8.16. The Hall–Kier alpha value is -1.66. The van der Waals surface area contributed by atoms with E-state index in [4.69, 9.17) is 4.74 Å². The van der Waals surface area contributed by atoms with Crippen molar-refractivity contribution in [2.24, 2.45) is 10.9 Å². The Bertz CT molecular complexity index is 599. The fraction of sp³-hybridized carbons (Fsp3) is 0.438. The zero-order chi connectivity index (χ0) is 16.1. The number of hydrogen-bond donors (Lipinski definition) is 0. The van der Waals surface area contributed by atoms with Crippen molar-refractivity contribution in [2.75, 3.05) is 17.3 Å². The molecule has 118 valence electrons. The first-order valence-electron chi connectivity index (χ1n) is 7.17. The third-order valence-corrected chi connectivity index (χ3v) is 4.06. The van der Waals surface area contributed by atoms with Gasteiger partial charge in [0.15, 0.2) is 5.17 Å². The summed E-state index contributed by atoms with van der Waals surface area (Å²) in [6, 6.07) is 5.87. The Kier molecular flexibility index (Phi) is 5.74. The number of ether oxygens (including phenoxy) is 1. The molecule has 1 fully saturated rings. The number of nitrogens with zero attached hydrogens (tertiary/aromatic N) is 2. The highest BCUT2D eigenvalue weighted by Crippen LogP contribution is 2.31. The van der Waals surface area contributed by atoms with Gasteiger partial charge in [-0.25, -0.2) is 0 Å². The van der Waals surface area contributed by atoms with Gasteiger partial charge in [0.05, 0.1) is 18.0 Å². The molecule has 1 aliphatic rings. The Morgan fingerprint density at radius 3 is 2.91 bits per heavy atom. The van der Waals surface area contributed by atoms with Crippen molar-refractivity contribution >= 4 is 34.9 Å². The molecule has 1 heterocycles. The Morgan fingerprint density at radius 2 is 2.23 bits per heavy atom. The summed E-state index contributed by atoms with van der Waals surface area (Å²) in [5.74, 6) is 0.679. The number of amidine groups is 1. The molecule has 2 amide bonds. The highest BCUT2D eigenvalue weighted by molar-refractivity contribution is 8.15. The van der Waals surface area contributed by atoms with E-state index in [0.29, 0.717) is 36.5 Å². The minimum Gasteiger partial charge on any atom is -0.376 e. The molecule has 1 aromatic carbocycles. The number of carbonyl (C=O) groups is 2. The standard InChI is InChI=1S/C16H20N2O3S/c1-11(2)7-21-8-13-5-4-12(3)6-14(13)18-15(20)9-22-16(18)17-10-19/h4-6,10-11H,7-9H2,1-3H3. The predicted octanol–water partition coefficient (Wildman–Crippen LogP) is 2.76. The van der Waals surface area contributed by atoms with Crippen molar-refractivity contribution in [3.8, 4) is 0 Å². The molecule has 0 N–H and O–H groups in total. The molecule has 2 rings (SSSR count). The first kappa shape index (κ1) is 16.7. The van der Waals surface area contributed by atoms with Gasteiger partial charge < -0.3 is 4.74 Å². The predicted molar refractivity (Wildman–Crippen MR) is 89.1 cm³/mol. The van der Waals surface area contributed by atoms with E-state index in [9.17, 15) is 9.59 Å². The van der Waals surface area contributed by atoms with Crippen LogP contribution in [0.25, 0.3) is 0 Å². The molecule has 0 atom stereocenters. The topological polar surface area (TPSA) is 59.0 Å². The number of aliphatic imine (C=N–C) groups is 1. The molecule has 0 saturated carbocycles. The van der Waals surface area contributed by atoms with Crippen LogP contribution in [-0.4, -0.2) is 29.8 Å². The summed E-state index contributed by atoms with van der Waals surface area (Å²) < 4.78 is 5.70. The van der Waals surface area contributed by atoms with Gasteiger partial charge in [-0.2, -0.15) is 4.99 Å². The van der Waals surface area contributed by atoms with Gasteiger partial charge in [0.2, 0.25) is 12.3 Å². The van der Waals surface area contributed by atoms with Gasteiger partial charge >= 0.3 is 0 Å². The van der Waals surface area contributed by atoms with Gasteiger partial charge in [0.25, 0.3) is 0 Å². The van der Waals surface area contributed by atoms with Crippen molar-refractivity contribution in [1.82, 2.24) is 0 Å². The third-order valence-electron chi connectivity index (χ3n) is 3.12. The maximum atomic E-state index is 12.2. The van der Waals surface area contributed by atoms with Crippen LogP contribution in [-0.2, 0) is 20.9 Å². The minimum absolute atomic E-state index is 0.0682. The molecule has 0 aliphatic carbocycles. The van der Waals surface area contributed by atoms with E-state index in [1.165, 1.54) is 16.7 Å². The summed E-state index contributed by atoms with van der Waals surface area (Å²) in [6.45, 7) is 7.23. The third kappa shape index (κ3) is 3.96. The average molecular weight is 320 g/mol. The van der Waals surface area contributed by atoms with Crippen LogP contribution in [0.5, 0.6) is 0 Å². The summed E-state index contributed by atoms with van der Waals surface area (Å²) in [6.07, 6.45) is 0.471. The molecule has 1 aliphatic heterocycles. The zero-order valence-electron chi connectivity index (χ0n) is 13.0. The molecule has 1 saturated heterocycles. The van der Waals surface area contributed by atoms with Crippen LogP contribution in [0.15, 0.2) is 23.2 Å². The van der Waals surface area contributed by atoms with Crippen molar-refractivity contribution in [3.05, 3.63) is 29.3 Å². The number of anilines is 1. The summed E-state index contributed by atoms with van der Waals surface area (Å²) in [7, 11) is 0. The van der Waals surface area contributed by atoms with Crippen molar-refractivity contribution in [1.29, 1.82) is 0 Å². The van der Waals surface area contributed by atoms with Gasteiger partial charge in [-0.3, -0.25) is 14.5 Å². The zero-order valence-corrected chi connectivity index (χ0v) is 13.9. The van der Waals surface area contributed by atoms with Gasteiger partial charge in [0, 0.05) is 12.2 Å². The van der Waals surface area contributed by atoms with Crippen LogP contribution in [0.4, 0.5) is 5.69 Å². The Balaban J connectivity index is 2.31. The van der Waals surface area contributed by atoms with Crippen LogP contribution in [0.1, 0.15) is 25.0 Å². The molecule has 0 aromatic heterocycles. The number of carbonyl (C=O) groups excluding carboxylic acids is 2. The SMILES string of the molecule is Cc1ccc(COCC(C)C)c(N2C(=O)CSC2=NC=O)c1. The van der Waals surface area contributed by atoms with E-state index in [-0.39, 0.29) is 5.91 Å². The summed E-state index contributed by atoms with van der Waals surface area (Å²) in [5, 5.41) is 0.427. The minimum atomic E-state index is -0.0682. The van der Waals surface area contributed by atoms with Gasteiger partial charge in [-0.1, -0.05) is 37.7 Å². The van der Waals surface area contributed by atoms with Gasteiger partial charge in [0.1, 0.15) is 0 Å². The van der Waals surface area contributed by atoms with E-state index < -0.39 is 0 Å². The van der Waals surface area contributed by atoms with Crippen LogP contribution in [0.3, 0.4) is 0 Å². The van der Waals surface area contributed by atoms with E-state index in [1.54, 1.807) is 0 Å². The first-order chi connectivity index (χ1) is 10.5. The summed E-state index contributed by atoms with van der Waals surface area (Å²) in [4.78, 5) is 28.1. The fourth-order valence-electron chi connectivity index (χ4n) is 2.15. The quantitative estimate of drug-likeness (QED) is 0.756. The number of thioether (sulfide) groups is 1. The molecule has 6 heteroatoms. The van der Waals surface area contributed by atoms with Gasteiger partial charge in [-0.15, -0.1) is 0 Å². The molecule has 0 unspecified atom stereocenters. The van der Waals surface area contributed by atoms with Crippen molar-refractivity contribution in [3.63, 3.8) is 0 Å². The number of hydrogen-bond acceptors (Lipinski definition) is 4. The second kappa shape index (κ2) is 7.56. The molecular weight excluding hydrogens is 300 g/mol. The smallest absolute Gasteiger partial charge is 0.243 e. The summed E-state index contributed by atoms with van der Waals surface area (Å²) in [5.41, 5.74) is 2.71. The van der Waals surface area contributed by atoms with E-state index >= 15 is 0 Å². The van der Waals surface area contributed by atoms with E-state index in [2.05, 4.69) is 18.8 Å². The molecule has 0 spiro atoms. The second-order valence-corrected chi connectivity index (χ2v) is 6.52. The fourth-order valence-corrected chi connectivity index (χ4v) is 2.98. The van der Waals surface area contributed by atoms with Crippen molar-refractivity contribution in [2.45, 2.75) is 27.4 Å². The van der Waals surface area contributed by atoms with Crippen LogP contribution in [0, 0.1) is 12.8 Å². The molecule has 5 nitrogen and oxygen atoms in total. The Morgan fingerprint density at radius 1 is 1.45 bits per heavy atom. The lowest BCUT2D eigenvalue weighted by atomic mass is 10.1. The van der Waals surface area contributed by atoms with E-state index in [0.717, 1.165) is 16.8 Å². The number of rotatable bonds is 6. The maximum Gasteiger partial charge on any atom is 0.243 e. The number of benzene rings is 1. The second-order valence-electron chi connectivity index (χ2n) is 5.58. The highest BCUT2D eigenvalue weighted by Gasteiger charge is 2.31. The molecule has 22 heavy (non-hydrogen) atoms.